The van der Waals surface area contributed by atoms with Gasteiger partial charge in [-0.3, -0.25) is 0 Å². The van der Waals surface area contributed by atoms with Gasteiger partial charge in [-0.25, -0.2) is 0 Å². The highest BCUT2D eigenvalue weighted by Gasteiger charge is 2.46. The molecule has 1 heterocycles. The molecule has 14 heavy (non-hydrogen) atoms. The summed E-state index contributed by atoms with van der Waals surface area (Å²) in [7, 11) is 0. The van der Waals surface area contributed by atoms with Gasteiger partial charge in [0.25, 0.3) is 0 Å². The molecule has 0 bridgehead atoms. The minimum Gasteiger partial charge on any atom is -0.470 e. The average molecular weight is 198 g/mol. The second-order valence-electron chi connectivity index (χ2n) is 3.38. The monoisotopic (exact) mass is 198 g/mol. The summed E-state index contributed by atoms with van der Waals surface area (Å²) in [5.41, 5.74) is 0. The Morgan fingerprint density at radius 2 is 2.21 bits per heavy atom. The van der Waals surface area contributed by atoms with Crippen LogP contribution in [0, 0.1) is 0 Å². The van der Waals surface area contributed by atoms with E-state index in [0.29, 0.717) is 6.42 Å². The Balaban J connectivity index is 2.38. The van der Waals surface area contributed by atoms with Gasteiger partial charge in [0.2, 0.25) is 5.79 Å². The summed E-state index contributed by atoms with van der Waals surface area (Å²) in [6, 6.07) is 0. The van der Waals surface area contributed by atoms with Crippen LogP contribution >= 0.6 is 0 Å². The number of hydrogen-bond acceptors (Lipinski definition) is 3. The standard InChI is InChI=1S/C11H18O3/c1-3-5-6-7-11(13-8-4-2)9-10(12)14-11/h3-5,8,10,12H,6-7,9H2,1-2H3/b5-3+,8-4+. The molecule has 80 valence electrons. The van der Waals surface area contributed by atoms with Crippen molar-refractivity contribution < 1.29 is 14.6 Å². The lowest BCUT2D eigenvalue weighted by atomic mass is 10.0. The van der Waals surface area contributed by atoms with Crippen LogP contribution in [0.15, 0.2) is 24.5 Å². The van der Waals surface area contributed by atoms with Crippen molar-refractivity contribution in [2.45, 2.75) is 45.2 Å². The van der Waals surface area contributed by atoms with E-state index in [9.17, 15) is 0 Å². The van der Waals surface area contributed by atoms with E-state index >= 15 is 0 Å². The fourth-order valence-corrected chi connectivity index (χ4v) is 1.46. The van der Waals surface area contributed by atoms with Gasteiger partial charge in [0, 0.05) is 6.42 Å². The highest BCUT2D eigenvalue weighted by atomic mass is 16.8. The van der Waals surface area contributed by atoms with Gasteiger partial charge in [-0.2, -0.15) is 0 Å². The van der Waals surface area contributed by atoms with Crippen LogP contribution in [0.3, 0.4) is 0 Å². The van der Waals surface area contributed by atoms with Crippen LogP contribution in [0.2, 0.25) is 0 Å². The zero-order valence-corrected chi connectivity index (χ0v) is 8.77. The van der Waals surface area contributed by atoms with Crippen molar-refractivity contribution in [2.75, 3.05) is 0 Å². The molecule has 0 aliphatic carbocycles. The van der Waals surface area contributed by atoms with Gasteiger partial charge in [-0.05, 0) is 20.3 Å². The average Bonchev–Trinajstić information content (AvgIpc) is 2.12. The Morgan fingerprint density at radius 1 is 1.50 bits per heavy atom. The predicted octanol–water partition coefficient (Wildman–Crippen LogP) is 2.33. The molecular weight excluding hydrogens is 180 g/mol. The first kappa shape index (κ1) is 11.3. The van der Waals surface area contributed by atoms with E-state index in [2.05, 4.69) is 6.08 Å². The van der Waals surface area contributed by atoms with Crippen LogP contribution in [-0.2, 0) is 9.47 Å². The van der Waals surface area contributed by atoms with E-state index in [0.717, 1.165) is 12.8 Å². The maximum Gasteiger partial charge on any atom is 0.217 e. The topological polar surface area (TPSA) is 38.7 Å². The van der Waals surface area contributed by atoms with Gasteiger partial charge in [-0.15, -0.1) is 0 Å². The fourth-order valence-electron chi connectivity index (χ4n) is 1.46. The third kappa shape index (κ3) is 2.86. The van der Waals surface area contributed by atoms with Crippen molar-refractivity contribution in [3.8, 4) is 0 Å². The number of hydrogen-bond donors (Lipinski definition) is 1. The van der Waals surface area contributed by atoms with Crippen LogP contribution in [0.1, 0.15) is 33.1 Å². The Morgan fingerprint density at radius 3 is 2.71 bits per heavy atom. The zero-order chi connectivity index (χ0) is 10.4. The molecule has 1 aliphatic rings. The molecule has 3 nitrogen and oxygen atoms in total. The quantitative estimate of drug-likeness (QED) is 0.544. The molecule has 0 aromatic heterocycles. The molecule has 0 aromatic carbocycles. The smallest absolute Gasteiger partial charge is 0.217 e. The van der Waals surface area contributed by atoms with Crippen LogP contribution < -0.4 is 0 Å². The Hall–Kier alpha value is -0.800. The normalized spacial score (nSPS) is 32.4. The lowest BCUT2D eigenvalue weighted by Crippen LogP contribution is -2.51. The van der Waals surface area contributed by atoms with Crippen molar-refractivity contribution >= 4 is 0 Å². The summed E-state index contributed by atoms with van der Waals surface area (Å²) in [6.07, 6.45) is 9.06. The molecule has 0 amide bonds. The summed E-state index contributed by atoms with van der Waals surface area (Å²) in [6.45, 7) is 3.87. The van der Waals surface area contributed by atoms with E-state index in [-0.39, 0.29) is 0 Å². The molecule has 1 saturated heterocycles. The third-order valence-electron chi connectivity index (χ3n) is 2.18. The number of allylic oxidation sites excluding steroid dienone is 3. The second kappa shape index (κ2) is 5.17. The van der Waals surface area contributed by atoms with Crippen molar-refractivity contribution in [2.24, 2.45) is 0 Å². The molecule has 2 unspecified atom stereocenters. The molecule has 1 rings (SSSR count). The first-order valence-electron chi connectivity index (χ1n) is 4.98. The van der Waals surface area contributed by atoms with E-state index in [4.69, 9.17) is 14.6 Å². The first-order chi connectivity index (χ1) is 6.72. The second-order valence-corrected chi connectivity index (χ2v) is 3.38. The summed E-state index contributed by atoms with van der Waals surface area (Å²) >= 11 is 0. The maximum absolute atomic E-state index is 9.10. The molecule has 2 atom stereocenters. The van der Waals surface area contributed by atoms with Gasteiger partial charge >= 0.3 is 0 Å². The lowest BCUT2D eigenvalue weighted by Gasteiger charge is -2.43. The molecular formula is C11H18O3. The molecule has 0 radical (unpaired) electrons. The largest absolute Gasteiger partial charge is 0.470 e. The first-order valence-corrected chi connectivity index (χ1v) is 4.98. The lowest BCUT2D eigenvalue weighted by molar-refractivity contribution is -0.378. The molecule has 1 N–H and O–H groups in total. The van der Waals surface area contributed by atoms with Gasteiger partial charge in [0.1, 0.15) is 0 Å². The van der Waals surface area contributed by atoms with Gasteiger partial charge in [0.15, 0.2) is 6.29 Å². The minimum atomic E-state index is -0.661. The predicted molar refractivity (Wildman–Crippen MR) is 54.4 cm³/mol. The summed E-state index contributed by atoms with van der Waals surface area (Å²) < 4.78 is 10.7. The van der Waals surface area contributed by atoms with Crippen LogP contribution in [0.5, 0.6) is 0 Å². The molecule has 0 aromatic rings. The molecule has 3 heteroatoms. The van der Waals surface area contributed by atoms with Gasteiger partial charge in [0.05, 0.1) is 12.7 Å². The van der Waals surface area contributed by atoms with Crippen LogP contribution in [-0.4, -0.2) is 17.2 Å². The number of ether oxygens (including phenoxy) is 2. The molecule has 0 saturated carbocycles. The van der Waals surface area contributed by atoms with E-state index in [1.54, 1.807) is 6.26 Å². The van der Waals surface area contributed by atoms with E-state index < -0.39 is 12.1 Å². The van der Waals surface area contributed by atoms with Crippen molar-refractivity contribution in [1.82, 2.24) is 0 Å². The van der Waals surface area contributed by atoms with Crippen molar-refractivity contribution in [3.05, 3.63) is 24.5 Å². The van der Waals surface area contributed by atoms with Crippen LogP contribution in [0.4, 0.5) is 0 Å². The maximum atomic E-state index is 9.10. The van der Waals surface area contributed by atoms with Gasteiger partial charge in [-0.1, -0.05) is 18.2 Å². The Kier molecular flexibility index (Phi) is 4.17. The number of rotatable bonds is 5. The summed E-state index contributed by atoms with van der Waals surface area (Å²) in [4.78, 5) is 0. The zero-order valence-electron chi connectivity index (χ0n) is 8.77. The SMILES string of the molecule is C/C=C/CCC1(O/C=C/C)CC(O)O1. The van der Waals surface area contributed by atoms with Crippen molar-refractivity contribution in [3.63, 3.8) is 0 Å². The minimum absolute atomic E-state index is 0.550. The molecule has 1 fully saturated rings. The fraction of sp³-hybridized carbons (Fsp3) is 0.636. The third-order valence-corrected chi connectivity index (χ3v) is 2.18. The van der Waals surface area contributed by atoms with E-state index in [1.165, 1.54) is 0 Å². The molecule has 1 aliphatic heterocycles. The Labute approximate surface area is 85.0 Å². The highest BCUT2D eigenvalue weighted by molar-refractivity contribution is 4.88. The summed E-state index contributed by atoms with van der Waals surface area (Å²) in [5, 5.41) is 9.10. The number of aliphatic hydroxyl groups is 1. The van der Waals surface area contributed by atoms with Crippen molar-refractivity contribution in [1.29, 1.82) is 0 Å². The molecule has 0 spiro atoms. The van der Waals surface area contributed by atoms with Crippen LogP contribution in [0.25, 0.3) is 0 Å². The highest BCUT2D eigenvalue weighted by Crippen LogP contribution is 2.37. The van der Waals surface area contributed by atoms with Gasteiger partial charge < -0.3 is 14.6 Å². The Bertz CT molecular complexity index is 215. The number of aliphatic hydroxyl groups excluding tert-OH is 1. The summed E-state index contributed by atoms with van der Waals surface area (Å²) in [5.74, 6) is -0.592. The van der Waals surface area contributed by atoms with E-state index in [1.807, 2.05) is 26.0 Å².